The summed E-state index contributed by atoms with van der Waals surface area (Å²) in [6, 6.07) is 98.6. The van der Waals surface area contributed by atoms with Gasteiger partial charge >= 0.3 is 0 Å². The van der Waals surface area contributed by atoms with Crippen molar-refractivity contribution in [2.45, 2.75) is 5.41 Å². The maximum Gasteiger partial charge on any atom is 0.0719 e. The van der Waals surface area contributed by atoms with Gasteiger partial charge in [-0.05, 0) is 159 Å². The van der Waals surface area contributed by atoms with Gasteiger partial charge < -0.3 is 0 Å². The van der Waals surface area contributed by atoms with Crippen molar-refractivity contribution >= 4 is 10.8 Å². The molecule has 0 aromatic heterocycles. The maximum atomic E-state index is 2.49. The Morgan fingerprint density at radius 2 is 0.554 bits per heavy atom. The smallest absolute Gasteiger partial charge is 0.0622 e. The van der Waals surface area contributed by atoms with Gasteiger partial charge in [0, 0.05) is 0 Å². The molecule has 0 amide bonds. The van der Waals surface area contributed by atoms with E-state index in [1.165, 1.54) is 111 Å². The van der Waals surface area contributed by atoms with Gasteiger partial charge in [-0.3, -0.25) is 0 Å². The molecule has 1 aliphatic carbocycles. The quantitative estimate of drug-likeness (QED) is 0.143. The number of rotatable bonds is 8. The highest BCUT2D eigenvalue weighted by molar-refractivity contribution is 6.02. The first-order valence-corrected chi connectivity index (χ1v) is 22.6. The molecule has 0 saturated carbocycles. The van der Waals surface area contributed by atoms with Gasteiger partial charge in [-0.2, -0.15) is 0 Å². The van der Waals surface area contributed by atoms with E-state index in [0.717, 1.165) is 0 Å². The predicted molar refractivity (Wildman–Crippen MR) is 274 cm³/mol. The molecule has 65 heavy (non-hydrogen) atoms. The van der Waals surface area contributed by atoms with Crippen LogP contribution in [0.4, 0.5) is 0 Å². The fourth-order valence-corrected chi connectivity index (χ4v) is 10.5. The Balaban J connectivity index is 1.08. The molecule has 0 heteroatoms. The van der Waals surface area contributed by atoms with Gasteiger partial charge in [0.25, 0.3) is 0 Å². The lowest BCUT2D eigenvalue weighted by molar-refractivity contribution is 0.776. The van der Waals surface area contributed by atoms with Crippen molar-refractivity contribution in [1.29, 1.82) is 0 Å². The van der Waals surface area contributed by atoms with Crippen LogP contribution in [0.2, 0.25) is 0 Å². The monoisotopic (exact) mass is 824 g/mol. The Morgan fingerprint density at radius 1 is 0.215 bits per heavy atom. The molecule has 0 fully saturated rings. The van der Waals surface area contributed by atoms with Crippen molar-refractivity contribution in [1.82, 2.24) is 0 Å². The number of hydrogen-bond donors (Lipinski definition) is 0. The van der Waals surface area contributed by atoms with Crippen LogP contribution >= 0.6 is 0 Å². The van der Waals surface area contributed by atoms with Gasteiger partial charge in [-0.15, -0.1) is 0 Å². The first kappa shape index (κ1) is 38.4. The summed E-state index contributed by atoms with van der Waals surface area (Å²) in [7, 11) is 0. The maximum absolute atomic E-state index is 2.49. The van der Waals surface area contributed by atoms with Crippen LogP contribution in [0.15, 0.2) is 267 Å². The molecule has 0 N–H and O–H groups in total. The Morgan fingerprint density at radius 3 is 0.969 bits per heavy atom. The minimum atomic E-state index is -0.586. The van der Waals surface area contributed by atoms with Crippen molar-refractivity contribution < 1.29 is 0 Å². The third kappa shape index (κ3) is 6.71. The van der Waals surface area contributed by atoms with E-state index >= 15 is 0 Å². The van der Waals surface area contributed by atoms with Crippen molar-refractivity contribution in [3.8, 4) is 77.9 Å². The lowest BCUT2D eigenvalue weighted by Gasteiger charge is -2.35. The van der Waals surface area contributed by atoms with E-state index in [-0.39, 0.29) is 0 Å². The zero-order valence-corrected chi connectivity index (χ0v) is 35.9. The van der Waals surface area contributed by atoms with Crippen LogP contribution in [0, 0.1) is 0 Å². The molecular weight excluding hydrogens is 781 g/mol. The molecule has 0 atom stereocenters. The third-order valence-corrected chi connectivity index (χ3v) is 13.5. The largest absolute Gasteiger partial charge is 0.0719 e. The second-order valence-corrected chi connectivity index (χ2v) is 17.2. The summed E-state index contributed by atoms with van der Waals surface area (Å²) in [5.74, 6) is 0. The van der Waals surface area contributed by atoms with Crippen LogP contribution in [0.1, 0.15) is 22.3 Å². The van der Waals surface area contributed by atoms with Gasteiger partial charge in [0.2, 0.25) is 0 Å². The minimum absolute atomic E-state index is 0.586. The summed E-state index contributed by atoms with van der Waals surface area (Å²) in [6.07, 6.45) is 0. The molecular formula is C65H44. The summed E-state index contributed by atoms with van der Waals surface area (Å²) in [6.45, 7) is 0. The summed E-state index contributed by atoms with van der Waals surface area (Å²) in [4.78, 5) is 0. The SMILES string of the molecule is c1ccc(-c2cc(-c3ccccc3)cc(-c3ccc4c(c3)C(c3ccccc3)(c3ccccc3)c3c-4ccc4cc(-c5cc(-c6ccccc6)cc(-c6ccccc6)c5)ccc34)c2)cc1. The Labute approximate surface area is 381 Å². The van der Waals surface area contributed by atoms with E-state index in [9.17, 15) is 0 Å². The zero-order valence-electron chi connectivity index (χ0n) is 35.9. The van der Waals surface area contributed by atoms with Crippen LogP contribution in [-0.4, -0.2) is 0 Å². The number of hydrogen-bond acceptors (Lipinski definition) is 0. The predicted octanol–water partition coefficient (Wildman–Crippen LogP) is 17.2. The van der Waals surface area contributed by atoms with Crippen molar-refractivity contribution in [2.75, 3.05) is 0 Å². The lowest BCUT2D eigenvalue weighted by atomic mass is 9.66. The first-order valence-electron chi connectivity index (χ1n) is 22.6. The molecule has 0 bridgehead atoms. The highest BCUT2D eigenvalue weighted by atomic mass is 14.5. The molecule has 0 aliphatic heterocycles. The third-order valence-electron chi connectivity index (χ3n) is 13.5. The molecule has 0 spiro atoms. The van der Waals surface area contributed by atoms with E-state index in [2.05, 4.69) is 267 Å². The molecule has 1 aliphatic rings. The molecule has 304 valence electrons. The summed E-state index contributed by atoms with van der Waals surface area (Å²) >= 11 is 0. The summed E-state index contributed by atoms with van der Waals surface area (Å²) in [5.41, 5.74) is 21.5. The molecule has 11 aromatic rings. The number of fused-ring (bicyclic) bond motifs is 5. The average molecular weight is 825 g/mol. The van der Waals surface area contributed by atoms with Gasteiger partial charge in [-0.1, -0.05) is 218 Å². The van der Waals surface area contributed by atoms with Gasteiger partial charge in [-0.25, -0.2) is 0 Å². The highest BCUT2D eigenvalue weighted by Gasteiger charge is 2.47. The standard InChI is InChI=1S/C65H44/c1-7-19-45(20-8-1)52-38-53(46-21-9-2-10-22-46)41-56(40-52)49-31-34-60-51(37-49)33-36-62-61-35-32-50(44-63(61)65(64(60)62,58-27-15-5-16-28-58)59-29-17-6-18-30-59)57-42-54(47-23-11-3-12-24-47)39-55(43-57)48-25-13-4-14-26-48/h1-44H. The van der Waals surface area contributed by atoms with Gasteiger partial charge in [0.1, 0.15) is 0 Å². The second kappa shape index (κ2) is 16.1. The van der Waals surface area contributed by atoms with E-state index in [1.54, 1.807) is 0 Å². The van der Waals surface area contributed by atoms with Crippen LogP contribution in [0.25, 0.3) is 88.7 Å². The van der Waals surface area contributed by atoms with Crippen molar-refractivity contribution in [3.63, 3.8) is 0 Å². The Hall–Kier alpha value is -8.32. The van der Waals surface area contributed by atoms with E-state index < -0.39 is 5.41 Å². The molecule has 12 rings (SSSR count). The van der Waals surface area contributed by atoms with Crippen LogP contribution in [0.3, 0.4) is 0 Å². The molecule has 0 radical (unpaired) electrons. The number of benzene rings is 11. The molecule has 0 unspecified atom stereocenters. The Bertz CT molecular complexity index is 3330. The molecule has 0 nitrogen and oxygen atoms in total. The first-order chi connectivity index (χ1) is 32.2. The molecule has 11 aromatic carbocycles. The van der Waals surface area contributed by atoms with Gasteiger partial charge in [0.05, 0.1) is 5.41 Å². The fraction of sp³-hybridized carbons (Fsp3) is 0.0154. The fourth-order valence-electron chi connectivity index (χ4n) is 10.5. The Kier molecular flexibility index (Phi) is 9.50. The van der Waals surface area contributed by atoms with Crippen LogP contribution in [-0.2, 0) is 5.41 Å². The van der Waals surface area contributed by atoms with Crippen LogP contribution in [0.5, 0.6) is 0 Å². The van der Waals surface area contributed by atoms with Crippen molar-refractivity contribution in [3.05, 3.63) is 289 Å². The minimum Gasteiger partial charge on any atom is -0.0622 e. The van der Waals surface area contributed by atoms with E-state index in [4.69, 9.17) is 0 Å². The van der Waals surface area contributed by atoms with E-state index in [1.807, 2.05) is 0 Å². The normalized spacial score (nSPS) is 12.4. The summed E-state index contributed by atoms with van der Waals surface area (Å²) < 4.78 is 0. The average Bonchev–Trinajstić information content (AvgIpc) is 3.70. The summed E-state index contributed by atoms with van der Waals surface area (Å²) in [5, 5.41) is 2.48. The topological polar surface area (TPSA) is 0 Å². The van der Waals surface area contributed by atoms with Crippen molar-refractivity contribution in [2.24, 2.45) is 0 Å². The second-order valence-electron chi connectivity index (χ2n) is 17.2. The lowest BCUT2D eigenvalue weighted by Crippen LogP contribution is -2.28. The highest BCUT2D eigenvalue weighted by Crippen LogP contribution is 2.59. The van der Waals surface area contributed by atoms with Gasteiger partial charge in [0.15, 0.2) is 0 Å². The molecule has 0 saturated heterocycles. The van der Waals surface area contributed by atoms with E-state index in [0.29, 0.717) is 0 Å². The van der Waals surface area contributed by atoms with Crippen LogP contribution < -0.4 is 0 Å². The zero-order chi connectivity index (χ0) is 43.2. The molecule has 0 heterocycles.